The van der Waals surface area contributed by atoms with Crippen molar-refractivity contribution in [3.05, 3.63) is 10.6 Å². The number of nitrogens with two attached hydrogens (primary N) is 1. The van der Waals surface area contributed by atoms with Gasteiger partial charge in [0.15, 0.2) is 5.13 Å². The highest BCUT2D eigenvalue weighted by Gasteiger charge is 2.47. The van der Waals surface area contributed by atoms with Gasteiger partial charge in [0, 0.05) is 0 Å². The molecule has 0 spiro atoms. The highest BCUT2D eigenvalue weighted by atomic mass is 32.1. The average Bonchev–Trinajstić information content (AvgIpc) is 2.84. The molecule has 1 aliphatic rings. The Morgan fingerprint density at radius 1 is 1.63 bits per heavy atom. The van der Waals surface area contributed by atoms with E-state index in [9.17, 15) is 14.7 Å². The first-order valence-corrected chi connectivity index (χ1v) is 6.51. The van der Waals surface area contributed by atoms with Crippen LogP contribution in [0.1, 0.15) is 22.3 Å². The molecule has 7 nitrogen and oxygen atoms in total. The number of hydrogen-bond donors (Lipinski definition) is 3. The van der Waals surface area contributed by atoms with Crippen molar-refractivity contribution < 1.29 is 19.4 Å². The van der Waals surface area contributed by atoms with Gasteiger partial charge in [-0.1, -0.05) is 11.3 Å². The molecule has 0 aliphatic carbocycles. The van der Waals surface area contributed by atoms with Crippen molar-refractivity contribution in [2.24, 2.45) is 5.41 Å². The van der Waals surface area contributed by atoms with Crippen molar-refractivity contribution in [2.45, 2.75) is 19.9 Å². The van der Waals surface area contributed by atoms with Gasteiger partial charge in [0.05, 0.1) is 24.9 Å². The van der Waals surface area contributed by atoms with Crippen molar-refractivity contribution in [2.75, 3.05) is 18.9 Å². The summed E-state index contributed by atoms with van der Waals surface area (Å²) in [6.45, 7) is 3.50. The molecule has 8 heteroatoms. The first-order chi connectivity index (χ1) is 8.84. The predicted molar refractivity (Wildman–Crippen MR) is 69.1 cm³/mol. The van der Waals surface area contributed by atoms with Gasteiger partial charge in [0.25, 0.3) is 5.91 Å². The number of carbonyl (C=O) groups excluding carboxylic acids is 1. The van der Waals surface area contributed by atoms with Gasteiger partial charge in [-0.3, -0.25) is 9.59 Å². The van der Waals surface area contributed by atoms with E-state index in [1.807, 2.05) is 0 Å². The van der Waals surface area contributed by atoms with Crippen LogP contribution >= 0.6 is 11.3 Å². The zero-order valence-corrected chi connectivity index (χ0v) is 11.4. The van der Waals surface area contributed by atoms with E-state index in [4.69, 9.17) is 10.5 Å². The van der Waals surface area contributed by atoms with Crippen LogP contribution in [0.15, 0.2) is 0 Å². The second kappa shape index (κ2) is 4.78. The number of hydrogen-bond acceptors (Lipinski definition) is 6. The van der Waals surface area contributed by atoms with Gasteiger partial charge in [-0.25, -0.2) is 4.98 Å². The van der Waals surface area contributed by atoms with Crippen molar-refractivity contribution in [3.8, 4) is 0 Å². The number of carboxylic acid groups (broad SMARTS) is 1. The van der Waals surface area contributed by atoms with Crippen molar-refractivity contribution in [3.63, 3.8) is 0 Å². The molecule has 1 aromatic heterocycles. The van der Waals surface area contributed by atoms with E-state index < -0.39 is 17.4 Å². The molecule has 1 amide bonds. The number of aryl methyl sites for hydroxylation is 1. The Morgan fingerprint density at radius 2 is 2.32 bits per heavy atom. The van der Waals surface area contributed by atoms with Gasteiger partial charge in [-0.05, 0) is 13.8 Å². The molecule has 2 heterocycles. The Kier molecular flexibility index (Phi) is 3.46. The summed E-state index contributed by atoms with van der Waals surface area (Å²) in [5, 5.41) is 12.2. The molecule has 1 aliphatic heterocycles. The number of carboxylic acids is 1. The van der Waals surface area contributed by atoms with Crippen LogP contribution in [-0.4, -0.2) is 41.2 Å². The second-order valence-electron chi connectivity index (χ2n) is 4.73. The Bertz CT molecular complexity index is 530. The van der Waals surface area contributed by atoms with Gasteiger partial charge < -0.3 is 20.9 Å². The maximum Gasteiger partial charge on any atom is 0.313 e. The molecular weight excluding hydrogens is 270 g/mol. The zero-order valence-electron chi connectivity index (χ0n) is 10.6. The lowest BCUT2D eigenvalue weighted by molar-refractivity contribution is -0.148. The minimum absolute atomic E-state index is 0.0804. The highest BCUT2D eigenvalue weighted by molar-refractivity contribution is 7.17. The van der Waals surface area contributed by atoms with Crippen LogP contribution in [0.25, 0.3) is 0 Å². The maximum absolute atomic E-state index is 12.1. The molecule has 2 unspecified atom stereocenters. The third-order valence-electron chi connectivity index (χ3n) is 3.27. The van der Waals surface area contributed by atoms with Crippen LogP contribution in [0.5, 0.6) is 0 Å². The number of amides is 1. The number of rotatable bonds is 3. The Morgan fingerprint density at radius 3 is 2.84 bits per heavy atom. The summed E-state index contributed by atoms with van der Waals surface area (Å²) in [7, 11) is 0. The van der Waals surface area contributed by atoms with Crippen LogP contribution in [0.4, 0.5) is 5.13 Å². The van der Waals surface area contributed by atoms with E-state index in [0.29, 0.717) is 15.7 Å². The lowest BCUT2D eigenvalue weighted by Gasteiger charge is -2.25. The van der Waals surface area contributed by atoms with Crippen molar-refractivity contribution >= 4 is 28.3 Å². The molecule has 0 aromatic carbocycles. The number of nitrogens with one attached hydrogen (secondary N) is 1. The number of carbonyl (C=O) groups is 2. The molecule has 1 fully saturated rings. The van der Waals surface area contributed by atoms with E-state index in [1.54, 1.807) is 13.8 Å². The summed E-state index contributed by atoms with van der Waals surface area (Å²) >= 11 is 1.08. The molecule has 0 bridgehead atoms. The average molecular weight is 285 g/mol. The summed E-state index contributed by atoms with van der Waals surface area (Å²) in [6, 6.07) is -0.569. The standard InChI is InChI=1S/C11H15N3O4S/c1-5-7(19-10(12)13-5)8(15)14-6-3-18-4-11(6,2)9(16)17/h6H,3-4H2,1-2H3,(H2,12,13)(H,14,15)(H,16,17). The van der Waals surface area contributed by atoms with E-state index in [-0.39, 0.29) is 19.1 Å². The van der Waals surface area contributed by atoms with E-state index in [2.05, 4.69) is 10.3 Å². The zero-order chi connectivity index (χ0) is 14.2. The van der Waals surface area contributed by atoms with Crippen molar-refractivity contribution in [1.82, 2.24) is 10.3 Å². The summed E-state index contributed by atoms with van der Waals surface area (Å²) in [6.07, 6.45) is 0. The van der Waals surface area contributed by atoms with E-state index in [1.165, 1.54) is 0 Å². The fourth-order valence-electron chi connectivity index (χ4n) is 1.94. The number of nitrogens with zero attached hydrogens (tertiary/aromatic N) is 1. The fourth-order valence-corrected chi connectivity index (χ4v) is 2.67. The van der Waals surface area contributed by atoms with Crippen LogP contribution in [0.3, 0.4) is 0 Å². The molecule has 104 valence electrons. The number of thiazole rings is 1. The molecule has 4 N–H and O–H groups in total. The predicted octanol–water partition coefficient (Wildman–Crippen LogP) is 0.253. The molecule has 0 radical (unpaired) electrons. The SMILES string of the molecule is Cc1nc(N)sc1C(=O)NC1COCC1(C)C(=O)O. The Balaban J connectivity index is 2.15. The topological polar surface area (TPSA) is 115 Å². The monoisotopic (exact) mass is 285 g/mol. The van der Waals surface area contributed by atoms with Crippen LogP contribution in [0, 0.1) is 12.3 Å². The number of ether oxygens (including phenoxy) is 1. The van der Waals surface area contributed by atoms with Crippen molar-refractivity contribution in [1.29, 1.82) is 0 Å². The van der Waals surface area contributed by atoms with Crippen LogP contribution in [-0.2, 0) is 9.53 Å². The summed E-state index contributed by atoms with van der Waals surface area (Å²) in [4.78, 5) is 27.7. The summed E-state index contributed by atoms with van der Waals surface area (Å²) < 4.78 is 5.17. The molecule has 19 heavy (non-hydrogen) atoms. The van der Waals surface area contributed by atoms with Gasteiger partial charge in [-0.15, -0.1) is 0 Å². The second-order valence-corrected chi connectivity index (χ2v) is 5.76. The first kappa shape index (κ1) is 13.8. The number of anilines is 1. The fraction of sp³-hybridized carbons (Fsp3) is 0.545. The summed E-state index contributed by atoms with van der Waals surface area (Å²) in [5.41, 5.74) is 4.96. The summed E-state index contributed by atoms with van der Waals surface area (Å²) in [5.74, 6) is -1.36. The minimum atomic E-state index is -1.11. The van der Waals surface area contributed by atoms with Crippen LogP contribution in [0.2, 0.25) is 0 Å². The third-order valence-corrected chi connectivity index (χ3v) is 4.25. The normalized spacial score (nSPS) is 26.3. The Hall–Kier alpha value is -1.67. The van der Waals surface area contributed by atoms with E-state index in [0.717, 1.165) is 11.3 Å². The smallest absolute Gasteiger partial charge is 0.313 e. The maximum atomic E-state index is 12.1. The quantitative estimate of drug-likeness (QED) is 0.733. The minimum Gasteiger partial charge on any atom is -0.481 e. The molecule has 0 saturated carbocycles. The largest absolute Gasteiger partial charge is 0.481 e. The Labute approximate surface area is 113 Å². The number of nitrogen functional groups attached to an aromatic ring is 1. The molecule has 1 aromatic rings. The third kappa shape index (κ3) is 2.41. The van der Waals surface area contributed by atoms with Gasteiger partial charge in [0.1, 0.15) is 10.3 Å². The van der Waals surface area contributed by atoms with Gasteiger partial charge in [0.2, 0.25) is 0 Å². The molecule has 1 saturated heterocycles. The molecular formula is C11H15N3O4S. The number of aromatic nitrogens is 1. The van der Waals surface area contributed by atoms with Crippen LogP contribution < -0.4 is 11.1 Å². The highest BCUT2D eigenvalue weighted by Crippen LogP contribution is 2.29. The lowest BCUT2D eigenvalue weighted by atomic mass is 9.85. The number of aliphatic carboxylic acids is 1. The first-order valence-electron chi connectivity index (χ1n) is 5.69. The van der Waals surface area contributed by atoms with Gasteiger partial charge >= 0.3 is 5.97 Å². The molecule has 2 atom stereocenters. The van der Waals surface area contributed by atoms with E-state index >= 15 is 0 Å². The molecule has 2 rings (SSSR count). The van der Waals surface area contributed by atoms with Gasteiger partial charge in [-0.2, -0.15) is 0 Å². The lowest BCUT2D eigenvalue weighted by Crippen LogP contribution is -2.49.